The van der Waals surface area contributed by atoms with Crippen LogP contribution in [0.2, 0.25) is 0 Å². The molecule has 0 unspecified atom stereocenters. The van der Waals surface area contributed by atoms with E-state index in [-0.39, 0.29) is 11.2 Å². The molecule has 0 aromatic rings. The van der Waals surface area contributed by atoms with Crippen LogP contribution in [0.25, 0.3) is 0 Å². The van der Waals surface area contributed by atoms with Gasteiger partial charge in [0.25, 0.3) is 0 Å². The Morgan fingerprint density at radius 1 is 1.44 bits per heavy atom. The molecule has 0 aromatic heterocycles. The van der Waals surface area contributed by atoms with Crippen molar-refractivity contribution in [2.45, 2.75) is 0 Å². The third-order valence-corrected chi connectivity index (χ3v) is 0.642. The van der Waals surface area contributed by atoms with E-state index < -0.39 is 0 Å². The van der Waals surface area contributed by atoms with E-state index in [4.69, 9.17) is 5.73 Å². The summed E-state index contributed by atoms with van der Waals surface area (Å²) in [5.74, 6) is 0. The maximum atomic E-state index is 5.03. The van der Waals surface area contributed by atoms with Gasteiger partial charge < -0.3 is 15.2 Å². The zero-order valence-corrected chi connectivity index (χ0v) is 6.07. The lowest BCUT2D eigenvalue weighted by Crippen LogP contribution is -2.11. The largest absolute Gasteiger partial charge is 0.454 e. The van der Waals surface area contributed by atoms with Gasteiger partial charge in [-0.25, -0.2) is 0 Å². The van der Waals surface area contributed by atoms with Crippen molar-refractivity contribution in [3.63, 3.8) is 0 Å². The molecule has 0 atom stereocenters. The Morgan fingerprint density at radius 3 is 2.00 bits per heavy atom. The van der Waals surface area contributed by atoms with Crippen molar-refractivity contribution in [1.82, 2.24) is 0 Å². The second-order valence-corrected chi connectivity index (χ2v) is 1.54. The Labute approximate surface area is 58.7 Å². The number of ether oxygens (including phenoxy) is 2. The number of methoxy groups -OCH3 is 2. The fourth-order valence-corrected chi connectivity index (χ4v) is 0.339. The van der Waals surface area contributed by atoms with Gasteiger partial charge in [0, 0.05) is 0 Å². The van der Waals surface area contributed by atoms with Crippen molar-refractivity contribution in [3.05, 3.63) is 0 Å². The summed E-state index contributed by atoms with van der Waals surface area (Å²) in [5, 5.41) is -0.00583. The van der Waals surface area contributed by atoms with Gasteiger partial charge in [0.1, 0.15) is 0 Å². The van der Waals surface area contributed by atoms with Crippen LogP contribution in [0.1, 0.15) is 0 Å². The molecule has 0 bridgehead atoms. The molecule has 52 valence electrons. The summed E-state index contributed by atoms with van der Waals surface area (Å²) in [4.78, 5) is 3.50. The molecule has 0 rings (SSSR count). The van der Waals surface area contributed by atoms with Gasteiger partial charge in [0.15, 0.2) is 5.11 Å². The van der Waals surface area contributed by atoms with Crippen LogP contribution < -0.4 is 5.73 Å². The first-order valence-electron chi connectivity index (χ1n) is 2.16. The van der Waals surface area contributed by atoms with Gasteiger partial charge in [0.05, 0.1) is 14.2 Å². The predicted octanol–water partition coefficient (Wildman–Crippen LogP) is -0.121. The first-order chi connectivity index (χ1) is 4.20. The molecule has 0 saturated heterocycles. The van der Waals surface area contributed by atoms with E-state index in [1.54, 1.807) is 0 Å². The fraction of sp³-hybridized carbons (Fsp3) is 0.500. The molecule has 0 fully saturated rings. The third-order valence-electron chi connectivity index (χ3n) is 0.551. The molecule has 9 heavy (non-hydrogen) atoms. The molecule has 0 aliphatic carbocycles. The van der Waals surface area contributed by atoms with Crippen molar-refractivity contribution >= 4 is 23.4 Å². The molecule has 0 radical (unpaired) electrons. The molecule has 0 amide bonds. The van der Waals surface area contributed by atoms with Crippen LogP contribution in [0.3, 0.4) is 0 Å². The number of nitrogens with zero attached hydrogens (tertiary/aromatic N) is 1. The summed E-state index contributed by atoms with van der Waals surface area (Å²) in [6.07, 6.45) is 0.0718. The molecular weight excluding hydrogens is 140 g/mol. The van der Waals surface area contributed by atoms with Gasteiger partial charge in [-0.1, -0.05) is 0 Å². The normalized spacial score (nSPS) is 7.78. The van der Waals surface area contributed by atoms with Crippen LogP contribution in [0.5, 0.6) is 0 Å². The molecule has 0 aromatic carbocycles. The first-order valence-corrected chi connectivity index (χ1v) is 2.57. The van der Waals surface area contributed by atoms with Crippen molar-refractivity contribution in [2.75, 3.05) is 14.2 Å². The minimum absolute atomic E-state index is 0.00583. The Kier molecular flexibility index (Phi) is 3.70. The number of rotatable bonds is 0. The zero-order chi connectivity index (χ0) is 7.28. The van der Waals surface area contributed by atoms with E-state index in [0.717, 1.165) is 0 Å². The summed E-state index contributed by atoms with van der Waals surface area (Å²) in [6.45, 7) is 0. The Hall–Kier alpha value is -0.840. The maximum absolute atomic E-state index is 5.03. The van der Waals surface area contributed by atoms with E-state index in [1.165, 1.54) is 14.2 Å². The quantitative estimate of drug-likeness (QED) is 0.295. The number of hydrogen-bond acceptors (Lipinski definition) is 3. The second kappa shape index (κ2) is 4.08. The Morgan fingerprint density at radius 2 is 1.89 bits per heavy atom. The molecular formula is C4H8N2O2S. The van der Waals surface area contributed by atoms with Gasteiger partial charge in [-0.15, -0.1) is 0 Å². The zero-order valence-electron chi connectivity index (χ0n) is 5.25. The molecule has 0 aliphatic rings. The lowest BCUT2D eigenvalue weighted by molar-refractivity contribution is 0.244. The molecule has 4 nitrogen and oxygen atoms in total. The lowest BCUT2D eigenvalue weighted by atomic mass is 11.1. The molecule has 2 N–H and O–H groups in total. The Balaban J connectivity index is 3.91. The van der Waals surface area contributed by atoms with E-state index in [9.17, 15) is 0 Å². The van der Waals surface area contributed by atoms with E-state index in [2.05, 4.69) is 26.7 Å². The van der Waals surface area contributed by atoms with Crippen LogP contribution in [-0.2, 0) is 9.47 Å². The van der Waals surface area contributed by atoms with Crippen molar-refractivity contribution in [2.24, 2.45) is 10.7 Å². The van der Waals surface area contributed by atoms with Crippen molar-refractivity contribution in [1.29, 1.82) is 0 Å². The van der Waals surface area contributed by atoms with Gasteiger partial charge in [0.2, 0.25) is 0 Å². The van der Waals surface area contributed by atoms with Crippen LogP contribution in [-0.4, -0.2) is 25.4 Å². The molecule has 0 saturated carbocycles. The SMILES string of the molecule is COC(=NC(N)=S)OC. The summed E-state index contributed by atoms with van der Waals surface area (Å²) in [5.41, 5.74) is 5.03. The van der Waals surface area contributed by atoms with E-state index in [0.29, 0.717) is 0 Å². The van der Waals surface area contributed by atoms with Gasteiger partial charge in [-0.05, 0) is 12.2 Å². The standard InChI is InChI=1S/C4H8N2O2S/c1-7-4(8-2)6-3(5)9/h1-2H3,(H2,5,9). The minimum atomic E-state index is -0.00583. The molecule has 0 aliphatic heterocycles. The number of thiocarbonyl (C=S) groups is 1. The highest BCUT2D eigenvalue weighted by Gasteiger charge is 1.93. The average Bonchev–Trinajstić information content (AvgIpc) is 1.82. The van der Waals surface area contributed by atoms with Gasteiger partial charge in [-0.2, -0.15) is 4.99 Å². The highest BCUT2D eigenvalue weighted by molar-refractivity contribution is 7.80. The van der Waals surface area contributed by atoms with Crippen LogP contribution in [0.4, 0.5) is 0 Å². The van der Waals surface area contributed by atoms with Crippen LogP contribution in [0, 0.1) is 0 Å². The van der Waals surface area contributed by atoms with Gasteiger partial charge >= 0.3 is 6.08 Å². The highest BCUT2D eigenvalue weighted by Crippen LogP contribution is 1.80. The highest BCUT2D eigenvalue weighted by atomic mass is 32.1. The average molecular weight is 148 g/mol. The summed E-state index contributed by atoms with van der Waals surface area (Å²) in [6, 6.07) is 0. The van der Waals surface area contributed by atoms with Crippen LogP contribution in [0.15, 0.2) is 4.99 Å². The molecule has 0 spiro atoms. The topological polar surface area (TPSA) is 56.8 Å². The lowest BCUT2D eigenvalue weighted by Gasteiger charge is -1.98. The Bertz CT molecular complexity index is 129. The molecule has 0 heterocycles. The summed E-state index contributed by atoms with van der Waals surface area (Å²) < 4.78 is 9.14. The van der Waals surface area contributed by atoms with E-state index in [1.807, 2.05) is 0 Å². The number of hydrogen-bond donors (Lipinski definition) is 1. The summed E-state index contributed by atoms with van der Waals surface area (Å²) >= 11 is 4.43. The minimum Gasteiger partial charge on any atom is -0.454 e. The smallest absolute Gasteiger partial charge is 0.390 e. The first kappa shape index (κ1) is 8.16. The number of aliphatic imine (C=N–C) groups is 1. The van der Waals surface area contributed by atoms with Crippen molar-refractivity contribution < 1.29 is 9.47 Å². The fourth-order valence-electron chi connectivity index (χ4n) is 0.265. The van der Waals surface area contributed by atoms with Crippen molar-refractivity contribution in [3.8, 4) is 0 Å². The number of nitrogens with two attached hydrogens (primary N) is 1. The second-order valence-electron chi connectivity index (χ2n) is 1.12. The third kappa shape index (κ3) is 3.72. The van der Waals surface area contributed by atoms with Gasteiger partial charge in [-0.3, -0.25) is 0 Å². The monoisotopic (exact) mass is 148 g/mol. The van der Waals surface area contributed by atoms with Crippen LogP contribution >= 0.6 is 12.2 Å². The van der Waals surface area contributed by atoms with E-state index >= 15 is 0 Å². The predicted molar refractivity (Wildman–Crippen MR) is 38.2 cm³/mol. The molecule has 5 heteroatoms. The summed E-state index contributed by atoms with van der Waals surface area (Å²) in [7, 11) is 2.83. The maximum Gasteiger partial charge on any atom is 0.390 e.